The Morgan fingerprint density at radius 2 is 1.68 bits per heavy atom. The first-order chi connectivity index (χ1) is 19.5. The lowest BCUT2D eigenvalue weighted by Gasteiger charge is -2.11. The van der Waals surface area contributed by atoms with E-state index in [1.165, 1.54) is 16.6 Å². The molecule has 0 spiro atoms. The molecule has 3 aromatic carbocycles. The van der Waals surface area contributed by atoms with Crippen molar-refractivity contribution in [1.82, 2.24) is 14.9 Å². The van der Waals surface area contributed by atoms with Gasteiger partial charge in [-0.05, 0) is 93.1 Å². The number of aryl methyl sites for hydroxylation is 4. The normalized spacial score (nSPS) is 11.0. The van der Waals surface area contributed by atoms with E-state index in [0.29, 0.717) is 30.2 Å². The van der Waals surface area contributed by atoms with Crippen LogP contribution in [0.3, 0.4) is 0 Å². The third kappa shape index (κ3) is 7.56. The first-order valence-corrected chi connectivity index (χ1v) is 14.1. The lowest BCUT2D eigenvalue weighted by molar-refractivity contribution is 0.0952. The van der Waals surface area contributed by atoms with Crippen LogP contribution in [0, 0.1) is 13.8 Å². The van der Waals surface area contributed by atoms with Crippen LogP contribution in [0.1, 0.15) is 59.4 Å². The Balaban J connectivity index is 1.22. The van der Waals surface area contributed by atoms with Crippen molar-refractivity contribution in [1.29, 1.82) is 0 Å². The maximum atomic E-state index is 12.5. The first-order valence-electron chi connectivity index (χ1n) is 14.1. The minimum absolute atomic E-state index is 0.107. The number of hydrogen-bond acceptors (Lipinski definition) is 5. The molecule has 0 aliphatic carbocycles. The molecule has 0 fully saturated rings. The second kappa shape index (κ2) is 14.4. The van der Waals surface area contributed by atoms with Crippen molar-refractivity contribution < 1.29 is 19.0 Å². The second-order valence-electron chi connectivity index (χ2n) is 10.1. The third-order valence-electron chi connectivity index (χ3n) is 7.27. The molecule has 7 heteroatoms. The molecule has 0 aliphatic rings. The summed E-state index contributed by atoms with van der Waals surface area (Å²) in [5.41, 5.74) is 5.34. The minimum Gasteiger partial charge on any atom is -0.494 e. The number of amides is 1. The van der Waals surface area contributed by atoms with E-state index < -0.39 is 0 Å². The number of fused-ring (bicyclic) bond motifs is 1. The van der Waals surface area contributed by atoms with Gasteiger partial charge in [-0.1, -0.05) is 24.6 Å². The Morgan fingerprint density at radius 1 is 0.850 bits per heavy atom. The molecule has 1 N–H and O–H groups in total. The summed E-state index contributed by atoms with van der Waals surface area (Å²) in [5.74, 6) is 3.12. The highest BCUT2D eigenvalue weighted by Crippen LogP contribution is 2.27. The van der Waals surface area contributed by atoms with Crippen LogP contribution in [-0.4, -0.2) is 42.8 Å². The van der Waals surface area contributed by atoms with E-state index in [2.05, 4.69) is 54.1 Å². The quantitative estimate of drug-likeness (QED) is 0.170. The Hall–Kier alpha value is -4.00. The van der Waals surface area contributed by atoms with Gasteiger partial charge < -0.3 is 24.1 Å². The van der Waals surface area contributed by atoms with E-state index in [9.17, 15) is 4.79 Å². The third-order valence-corrected chi connectivity index (χ3v) is 7.27. The molecule has 0 bridgehead atoms. The number of nitrogens with one attached hydrogen (secondary N) is 1. The van der Waals surface area contributed by atoms with Gasteiger partial charge in [0.1, 0.15) is 11.6 Å². The maximum absolute atomic E-state index is 12.5. The summed E-state index contributed by atoms with van der Waals surface area (Å²) in [7, 11) is 3.14. The summed E-state index contributed by atoms with van der Waals surface area (Å²) in [5, 5.41) is 3.01. The molecular formula is C33H41N3O4. The molecule has 212 valence electrons. The number of methoxy groups -OCH3 is 2. The zero-order valence-corrected chi connectivity index (χ0v) is 24.2. The molecule has 4 aromatic rings. The van der Waals surface area contributed by atoms with Crippen LogP contribution in [-0.2, 0) is 13.0 Å². The molecule has 40 heavy (non-hydrogen) atoms. The van der Waals surface area contributed by atoms with Crippen LogP contribution in [0.5, 0.6) is 17.2 Å². The molecule has 0 aliphatic heterocycles. The lowest BCUT2D eigenvalue weighted by atomic mass is 10.1. The fourth-order valence-electron chi connectivity index (χ4n) is 4.80. The van der Waals surface area contributed by atoms with Gasteiger partial charge in [0.05, 0.1) is 31.9 Å². The standard InChI is InChI=1S/C33H41N3O4/c1-24-15-17-27(22-25(24)2)40-21-11-10-20-36-29-13-8-7-12-28(29)35-32(36)14-6-5-9-19-34-33(37)26-16-18-30(38-3)31(23-26)39-4/h7-8,12-13,15-18,22-23H,5-6,9-11,14,19-21H2,1-4H3,(H,34,37). The van der Waals surface area contributed by atoms with Gasteiger partial charge in [0, 0.05) is 25.1 Å². The molecule has 1 amide bonds. The Bertz CT molecular complexity index is 1410. The molecule has 0 saturated carbocycles. The summed E-state index contributed by atoms with van der Waals surface area (Å²) in [6.07, 6.45) is 5.87. The highest BCUT2D eigenvalue weighted by atomic mass is 16.5. The molecule has 0 atom stereocenters. The molecule has 4 rings (SSSR count). The van der Waals surface area contributed by atoms with Gasteiger partial charge in [-0.25, -0.2) is 4.98 Å². The first kappa shape index (κ1) is 29.0. The lowest BCUT2D eigenvalue weighted by Crippen LogP contribution is -2.24. The van der Waals surface area contributed by atoms with Gasteiger partial charge in [0.2, 0.25) is 0 Å². The Kier molecular flexibility index (Phi) is 10.4. The highest BCUT2D eigenvalue weighted by Gasteiger charge is 2.12. The van der Waals surface area contributed by atoms with Crippen LogP contribution in [0.4, 0.5) is 0 Å². The molecule has 7 nitrogen and oxygen atoms in total. The fraction of sp³-hybridized carbons (Fsp3) is 0.394. The number of hydrogen-bond donors (Lipinski definition) is 1. The Labute approximate surface area is 237 Å². The molecule has 1 heterocycles. The smallest absolute Gasteiger partial charge is 0.251 e. The van der Waals surface area contributed by atoms with Crippen LogP contribution < -0.4 is 19.5 Å². The summed E-state index contributed by atoms with van der Waals surface area (Å²) in [6.45, 7) is 6.49. The van der Waals surface area contributed by atoms with Gasteiger partial charge in [0.15, 0.2) is 11.5 Å². The molecular weight excluding hydrogens is 502 g/mol. The predicted molar refractivity (Wildman–Crippen MR) is 160 cm³/mol. The van der Waals surface area contributed by atoms with Crippen molar-refractivity contribution in [2.24, 2.45) is 0 Å². The SMILES string of the molecule is COc1ccc(C(=O)NCCCCCc2nc3ccccc3n2CCCCOc2ccc(C)c(C)c2)cc1OC. The van der Waals surface area contributed by atoms with E-state index in [1.54, 1.807) is 32.4 Å². The largest absolute Gasteiger partial charge is 0.494 e. The van der Waals surface area contributed by atoms with Crippen LogP contribution in [0.2, 0.25) is 0 Å². The van der Waals surface area contributed by atoms with E-state index in [1.807, 2.05) is 12.1 Å². The van der Waals surface area contributed by atoms with E-state index >= 15 is 0 Å². The van der Waals surface area contributed by atoms with Gasteiger partial charge >= 0.3 is 0 Å². The zero-order valence-electron chi connectivity index (χ0n) is 24.2. The highest BCUT2D eigenvalue weighted by molar-refractivity contribution is 5.94. The zero-order chi connectivity index (χ0) is 28.3. The van der Waals surface area contributed by atoms with E-state index in [-0.39, 0.29) is 5.91 Å². The topological polar surface area (TPSA) is 74.6 Å². The summed E-state index contributed by atoms with van der Waals surface area (Å²) in [4.78, 5) is 17.5. The average Bonchev–Trinajstić information content (AvgIpc) is 3.33. The number of para-hydroxylation sites is 2. The number of benzene rings is 3. The maximum Gasteiger partial charge on any atom is 0.251 e. The Morgan fingerprint density at radius 3 is 2.48 bits per heavy atom. The van der Waals surface area contributed by atoms with Gasteiger partial charge in [-0.15, -0.1) is 0 Å². The van der Waals surface area contributed by atoms with Crippen molar-refractivity contribution in [3.63, 3.8) is 0 Å². The number of aromatic nitrogens is 2. The molecule has 0 unspecified atom stereocenters. The average molecular weight is 544 g/mol. The minimum atomic E-state index is -0.107. The predicted octanol–water partition coefficient (Wildman–Crippen LogP) is 6.67. The number of carbonyl (C=O) groups excluding carboxylic acids is 1. The van der Waals surface area contributed by atoms with Crippen molar-refractivity contribution in [3.8, 4) is 17.2 Å². The number of unbranched alkanes of at least 4 members (excludes halogenated alkanes) is 3. The van der Waals surface area contributed by atoms with Gasteiger partial charge in [-0.2, -0.15) is 0 Å². The van der Waals surface area contributed by atoms with Crippen LogP contribution >= 0.6 is 0 Å². The van der Waals surface area contributed by atoms with Crippen LogP contribution in [0.25, 0.3) is 11.0 Å². The molecule has 1 aromatic heterocycles. The molecule has 0 saturated heterocycles. The number of imidazole rings is 1. The fourth-order valence-corrected chi connectivity index (χ4v) is 4.80. The van der Waals surface area contributed by atoms with E-state index in [0.717, 1.165) is 62.2 Å². The van der Waals surface area contributed by atoms with Gasteiger partial charge in [0.25, 0.3) is 5.91 Å². The van der Waals surface area contributed by atoms with Crippen molar-refractivity contribution >= 4 is 16.9 Å². The van der Waals surface area contributed by atoms with Crippen molar-refractivity contribution in [2.75, 3.05) is 27.4 Å². The number of ether oxygens (including phenoxy) is 3. The van der Waals surface area contributed by atoms with Gasteiger partial charge in [-0.3, -0.25) is 4.79 Å². The number of carbonyl (C=O) groups is 1. The number of nitrogens with zero attached hydrogens (tertiary/aromatic N) is 2. The van der Waals surface area contributed by atoms with Crippen molar-refractivity contribution in [2.45, 2.75) is 58.9 Å². The monoisotopic (exact) mass is 543 g/mol. The summed E-state index contributed by atoms with van der Waals surface area (Å²) in [6, 6.07) is 19.8. The van der Waals surface area contributed by atoms with Crippen LogP contribution in [0.15, 0.2) is 60.7 Å². The van der Waals surface area contributed by atoms with Crippen molar-refractivity contribution in [3.05, 3.63) is 83.2 Å². The summed E-state index contributed by atoms with van der Waals surface area (Å²) >= 11 is 0. The second-order valence-corrected chi connectivity index (χ2v) is 10.1. The number of rotatable bonds is 15. The molecule has 0 radical (unpaired) electrons. The van der Waals surface area contributed by atoms with E-state index in [4.69, 9.17) is 19.2 Å². The summed E-state index contributed by atoms with van der Waals surface area (Å²) < 4.78 is 18.9.